The summed E-state index contributed by atoms with van der Waals surface area (Å²) in [4.78, 5) is 16.8. The first-order valence-corrected chi connectivity index (χ1v) is 7.92. The van der Waals surface area contributed by atoms with E-state index in [2.05, 4.69) is 10.3 Å². The van der Waals surface area contributed by atoms with Gasteiger partial charge in [-0.1, -0.05) is 11.6 Å². The van der Waals surface area contributed by atoms with Crippen molar-refractivity contribution in [3.05, 3.63) is 57.2 Å². The van der Waals surface area contributed by atoms with Gasteiger partial charge in [-0.25, -0.2) is 4.98 Å². The molecule has 0 radical (unpaired) electrons. The van der Waals surface area contributed by atoms with Crippen molar-refractivity contribution in [2.45, 2.75) is 0 Å². The van der Waals surface area contributed by atoms with Gasteiger partial charge in [-0.3, -0.25) is 4.79 Å². The molecule has 0 spiro atoms. The maximum Gasteiger partial charge on any atom is 0.267 e. The molecule has 0 aliphatic carbocycles. The molecule has 2 heterocycles. The quantitative estimate of drug-likeness (QED) is 0.754. The van der Waals surface area contributed by atoms with Crippen molar-refractivity contribution in [3.63, 3.8) is 0 Å². The summed E-state index contributed by atoms with van der Waals surface area (Å²) in [7, 11) is 0. The second-order valence-electron chi connectivity index (χ2n) is 3.97. The highest BCUT2D eigenvalue weighted by Gasteiger charge is 2.12. The lowest BCUT2D eigenvalue weighted by molar-refractivity contribution is 0.103. The van der Waals surface area contributed by atoms with E-state index >= 15 is 0 Å². The fraction of sp³-hybridized carbons (Fsp3) is 0. The Morgan fingerprint density at radius 1 is 1.10 bits per heavy atom. The maximum absolute atomic E-state index is 12.0. The van der Waals surface area contributed by atoms with Crippen LogP contribution in [0.5, 0.6) is 0 Å². The Morgan fingerprint density at radius 3 is 2.50 bits per heavy atom. The largest absolute Gasteiger partial charge is 0.321 e. The van der Waals surface area contributed by atoms with Gasteiger partial charge in [0.2, 0.25) is 0 Å². The van der Waals surface area contributed by atoms with E-state index in [1.54, 1.807) is 29.0 Å². The molecule has 1 N–H and O–H groups in total. The Bertz CT molecular complexity index is 720. The standard InChI is InChI=1S/C14H9ClN2OS2/c15-11-5-7-19-12(11)13(18)17-10-3-1-9(2-4-10)14-16-6-8-20-14/h1-8H,(H,17,18). The number of amides is 1. The van der Waals surface area contributed by atoms with Crippen LogP contribution in [-0.2, 0) is 0 Å². The summed E-state index contributed by atoms with van der Waals surface area (Å²) in [5.41, 5.74) is 1.77. The molecule has 0 saturated heterocycles. The number of thiophene rings is 1. The van der Waals surface area contributed by atoms with Crippen molar-refractivity contribution in [1.82, 2.24) is 4.98 Å². The number of hydrogen-bond donors (Lipinski definition) is 1. The summed E-state index contributed by atoms with van der Waals surface area (Å²) >= 11 is 8.84. The highest BCUT2D eigenvalue weighted by atomic mass is 35.5. The Morgan fingerprint density at radius 2 is 1.90 bits per heavy atom. The fourth-order valence-electron chi connectivity index (χ4n) is 1.71. The number of aromatic nitrogens is 1. The van der Waals surface area contributed by atoms with Gasteiger partial charge in [0.25, 0.3) is 5.91 Å². The van der Waals surface area contributed by atoms with Crippen LogP contribution < -0.4 is 5.32 Å². The summed E-state index contributed by atoms with van der Waals surface area (Å²) in [6, 6.07) is 9.30. The van der Waals surface area contributed by atoms with Gasteiger partial charge in [0.05, 0.1) is 5.02 Å². The van der Waals surface area contributed by atoms with E-state index in [1.807, 2.05) is 29.6 Å². The van der Waals surface area contributed by atoms with Crippen molar-refractivity contribution >= 4 is 45.9 Å². The Hall–Kier alpha value is -1.69. The van der Waals surface area contributed by atoms with Gasteiger partial charge in [-0.15, -0.1) is 22.7 Å². The third-order valence-electron chi connectivity index (χ3n) is 2.65. The normalized spacial score (nSPS) is 10.4. The highest BCUT2D eigenvalue weighted by Crippen LogP contribution is 2.25. The fourth-order valence-corrected chi connectivity index (χ4v) is 3.39. The van der Waals surface area contributed by atoms with Crippen molar-refractivity contribution in [2.24, 2.45) is 0 Å². The molecule has 0 saturated carbocycles. The molecule has 0 bridgehead atoms. The Labute approximate surface area is 128 Å². The lowest BCUT2D eigenvalue weighted by atomic mass is 10.2. The van der Waals surface area contributed by atoms with Crippen LogP contribution in [0.3, 0.4) is 0 Å². The van der Waals surface area contributed by atoms with Crippen LogP contribution in [0.15, 0.2) is 47.3 Å². The molecule has 3 aromatic rings. The number of carbonyl (C=O) groups is 1. The molecule has 20 heavy (non-hydrogen) atoms. The van der Waals surface area contributed by atoms with E-state index in [1.165, 1.54) is 11.3 Å². The number of rotatable bonds is 3. The van der Waals surface area contributed by atoms with Crippen molar-refractivity contribution < 1.29 is 4.79 Å². The van der Waals surface area contributed by atoms with Crippen LogP contribution in [0.25, 0.3) is 10.6 Å². The smallest absolute Gasteiger partial charge is 0.267 e. The number of thiazole rings is 1. The van der Waals surface area contributed by atoms with Gasteiger partial charge < -0.3 is 5.32 Å². The molecule has 1 aromatic carbocycles. The highest BCUT2D eigenvalue weighted by molar-refractivity contribution is 7.13. The molecule has 3 rings (SSSR count). The number of benzene rings is 1. The van der Waals surface area contributed by atoms with Crippen LogP contribution in [-0.4, -0.2) is 10.9 Å². The van der Waals surface area contributed by atoms with Gasteiger partial charge in [-0.05, 0) is 35.7 Å². The average molecular weight is 321 g/mol. The molecule has 3 nitrogen and oxygen atoms in total. The molecule has 0 fully saturated rings. The van der Waals surface area contributed by atoms with Crippen LogP contribution >= 0.6 is 34.3 Å². The molecular formula is C14H9ClN2OS2. The first kappa shape index (κ1) is 13.3. The summed E-state index contributed by atoms with van der Waals surface area (Å²) in [5, 5.41) is 8.00. The summed E-state index contributed by atoms with van der Waals surface area (Å²) in [6.45, 7) is 0. The molecule has 100 valence electrons. The zero-order chi connectivity index (χ0) is 13.9. The Kier molecular flexibility index (Phi) is 3.82. The molecular weight excluding hydrogens is 312 g/mol. The van der Waals surface area contributed by atoms with Crippen LogP contribution in [0, 0.1) is 0 Å². The topological polar surface area (TPSA) is 42.0 Å². The average Bonchev–Trinajstić information content (AvgIpc) is 3.10. The van der Waals surface area contributed by atoms with E-state index in [4.69, 9.17) is 11.6 Å². The lowest BCUT2D eigenvalue weighted by Gasteiger charge is -2.05. The SMILES string of the molecule is O=C(Nc1ccc(-c2nccs2)cc1)c1sccc1Cl. The first-order chi connectivity index (χ1) is 9.74. The number of nitrogens with zero attached hydrogens (tertiary/aromatic N) is 1. The van der Waals surface area contributed by atoms with Gasteiger partial charge >= 0.3 is 0 Å². The van der Waals surface area contributed by atoms with E-state index in [0.717, 1.165) is 16.3 Å². The monoisotopic (exact) mass is 320 g/mol. The summed E-state index contributed by atoms with van der Waals surface area (Å²) < 4.78 is 0. The third kappa shape index (κ3) is 2.75. The number of hydrogen-bond acceptors (Lipinski definition) is 4. The molecule has 6 heteroatoms. The van der Waals surface area contributed by atoms with E-state index < -0.39 is 0 Å². The van der Waals surface area contributed by atoms with Crippen LogP contribution in [0.1, 0.15) is 9.67 Å². The molecule has 1 amide bonds. The summed E-state index contributed by atoms with van der Waals surface area (Å²) in [6.07, 6.45) is 1.77. The molecule has 0 unspecified atom stereocenters. The number of nitrogens with one attached hydrogen (secondary N) is 1. The van der Waals surface area contributed by atoms with Crippen molar-refractivity contribution in [2.75, 3.05) is 5.32 Å². The van der Waals surface area contributed by atoms with E-state index in [-0.39, 0.29) is 5.91 Å². The van der Waals surface area contributed by atoms with E-state index in [9.17, 15) is 4.79 Å². The predicted octanol–water partition coefficient (Wildman–Crippen LogP) is 4.78. The minimum absolute atomic E-state index is 0.188. The number of anilines is 1. The maximum atomic E-state index is 12.0. The molecule has 0 atom stereocenters. The molecule has 2 aromatic heterocycles. The van der Waals surface area contributed by atoms with Gasteiger partial charge in [0, 0.05) is 22.8 Å². The first-order valence-electron chi connectivity index (χ1n) is 5.78. The minimum atomic E-state index is -0.188. The summed E-state index contributed by atoms with van der Waals surface area (Å²) in [5.74, 6) is -0.188. The molecule has 0 aliphatic rings. The minimum Gasteiger partial charge on any atom is -0.321 e. The third-order valence-corrected chi connectivity index (χ3v) is 4.81. The second-order valence-corrected chi connectivity index (χ2v) is 6.18. The molecule has 0 aliphatic heterocycles. The van der Waals surface area contributed by atoms with Crippen molar-refractivity contribution in [3.8, 4) is 10.6 Å². The van der Waals surface area contributed by atoms with E-state index in [0.29, 0.717) is 9.90 Å². The Balaban J connectivity index is 1.76. The van der Waals surface area contributed by atoms with Crippen LogP contribution in [0.4, 0.5) is 5.69 Å². The lowest BCUT2D eigenvalue weighted by Crippen LogP contribution is -2.10. The van der Waals surface area contributed by atoms with Gasteiger partial charge in [0.1, 0.15) is 9.88 Å². The van der Waals surface area contributed by atoms with Gasteiger partial charge in [-0.2, -0.15) is 0 Å². The number of halogens is 1. The van der Waals surface area contributed by atoms with Gasteiger partial charge in [0.15, 0.2) is 0 Å². The number of carbonyl (C=O) groups excluding carboxylic acids is 1. The van der Waals surface area contributed by atoms with Crippen LogP contribution in [0.2, 0.25) is 5.02 Å². The zero-order valence-corrected chi connectivity index (χ0v) is 12.6. The zero-order valence-electron chi connectivity index (χ0n) is 10.2. The predicted molar refractivity (Wildman–Crippen MR) is 84.8 cm³/mol. The van der Waals surface area contributed by atoms with Crippen molar-refractivity contribution in [1.29, 1.82) is 0 Å². The second kappa shape index (κ2) is 5.75.